The molecule has 1 atom stereocenters. The van der Waals surface area contributed by atoms with Gasteiger partial charge in [-0.2, -0.15) is 0 Å². The van der Waals surface area contributed by atoms with E-state index in [-0.39, 0.29) is 11.8 Å². The molecule has 1 aromatic rings. The third-order valence-electron chi connectivity index (χ3n) is 3.65. The fraction of sp³-hybridized carbons (Fsp3) is 0.429. The molecule has 90 valence electrons. The van der Waals surface area contributed by atoms with Crippen molar-refractivity contribution in [3.8, 4) is 0 Å². The summed E-state index contributed by atoms with van der Waals surface area (Å²) in [5.74, 6) is -0.727. The molecule has 1 N–H and O–H groups in total. The van der Waals surface area contributed by atoms with Gasteiger partial charge in [0.05, 0.1) is 5.69 Å². The van der Waals surface area contributed by atoms with E-state index in [0.29, 0.717) is 6.42 Å². The van der Waals surface area contributed by atoms with Gasteiger partial charge in [0.25, 0.3) is 0 Å². The molecular weight excluding hydrogens is 214 g/mol. The molecule has 0 aliphatic carbocycles. The van der Waals surface area contributed by atoms with Gasteiger partial charge in [-0.3, -0.25) is 9.79 Å². The third-order valence-corrected chi connectivity index (χ3v) is 3.65. The van der Waals surface area contributed by atoms with Crippen molar-refractivity contribution in [3.05, 3.63) is 29.8 Å². The summed E-state index contributed by atoms with van der Waals surface area (Å²) < 4.78 is 0. The van der Waals surface area contributed by atoms with Crippen LogP contribution in [-0.4, -0.2) is 16.8 Å². The minimum absolute atomic E-state index is 0.0912. The van der Waals surface area contributed by atoms with Crippen molar-refractivity contribution in [1.29, 1.82) is 0 Å². The van der Waals surface area contributed by atoms with Crippen LogP contribution in [0.15, 0.2) is 29.3 Å². The van der Waals surface area contributed by atoms with Gasteiger partial charge in [0.1, 0.15) is 0 Å². The van der Waals surface area contributed by atoms with Crippen molar-refractivity contribution >= 4 is 17.4 Å². The molecular formula is C14H17NO2. The molecule has 0 amide bonds. The molecule has 0 aromatic heterocycles. The summed E-state index contributed by atoms with van der Waals surface area (Å²) in [7, 11) is 0. The average Bonchev–Trinajstić information content (AvgIpc) is 2.52. The van der Waals surface area contributed by atoms with E-state index >= 15 is 0 Å². The maximum Gasteiger partial charge on any atom is 0.303 e. The van der Waals surface area contributed by atoms with E-state index in [1.165, 1.54) is 5.56 Å². The average molecular weight is 231 g/mol. The SMILES string of the molecule is CC1=Nc2ccccc2C1(C)CCCC(=O)O. The summed E-state index contributed by atoms with van der Waals surface area (Å²) >= 11 is 0. The second kappa shape index (κ2) is 4.32. The number of carboxylic acids is 1. The van der Waals surface area contributed by atoms with Crippen molar-refractivity contribution in [3.63, 3.8) is 0 Å². The number of para-hydroxylation sites is 1. The summed E-state index contributed by atoms with van der Waals surface area (Å²) in [4.78, 5) is 15.1. The predicted octanol–water partition coefficient (Wildman–Crippen LogP) is 3.31. The van der Waals surface area contributed by atoms with E-state index in [0.717, 1.165) is 17.8 Å². The topological polar surface area (TPSA) is 49.7 Å². The van der Waals surface area contributed by atoms with Crippen molar-refractivity contribution < 1.29 is 9.90 Å². The van der Waals surface area contributed by atoms with Crippen LogP contribution in [0.4, 0.5) is 5.69 Å². The summed E-state index contributed by atoms with van der Waals surface area (Å²) in [5.41, 5.74) is 3.25. The van der Waals surface area contributed by atoms with Gasteiger partial charge in [-0.25, -0.2) is 0 Å². The predicted molar refractivity (Wildman–Crippen MR) is 68.0 cm³/mol. The van der Waals surface area contributed by atoms with Gasteiger partial charge in [-0.1, -0.05) is 25.1 Å². The van der Waals surface area contributed by atoms with E-state index in [9.17, 15) is 4.79 Å². The Morgan fingerprint density at radius 2 is 2.12 bits per heavy atom. The standard InChI is InChI=1S/C14H17NO2/c1-10-14(2,9-5-8-13(16)17)11-6-3-4-7-12(11)15-10/h3-4,6-7H,5,8-9H2,1-2H3,(H,16,17). The van der Waals surface area contributed by atoms with Crippen molar-refractivity contribution in [1.82, 2.24) is 0 Å². The summed E-state index contributed by atoms with van der Waals surface area (Å²) in [6, 6.07) is 8.11. The largest absolute Gasteiger partial charge is 0.481 e. The summed E-state index contributed by atoms with van der Waals surface area (Å²) in [5, 5.41) is 8.70. The Labute approximate surface area is 101 Å². The molecule has 3 nitrogen and oxygen atoms in total. The number of aliphatic carboxylic acids is 1. The molecule has 0 spiro atoms. The smallest absolute Gasteiger partial charge is 0.303 e. The first-order valence-corrected chi connectivity index (χ1v) is 5.91. The Morgan fingerprint density at radius 3 is 2.82 bits per heavy atom. The molecule has 1 unspecified atom stereocenters. The van der Waals surface area contributed by atoms with Gasteiger partial charge >= 0.3 is 5.97 Å². The second-order valence-electron chi connectivity index (χ2n) is 4.79. The van der Waals surface area contributed by atoms with Gasteiger partial charge in [0.2, 0.25) is 0 Å². The number of carboxylic acid groups (broad SMARTS) is 1. The zero-order valence-electron chi connectivity index (χ0n) is 10.2. The van der Waals surface area contributed by atoms with E-state index in [1.807, 2.05) is 25.1 Å². The number of rotatable bonds is 4. The Hall–Kier alpha value is -1.64. The van der Waals surface area contributed by atoms with Crippen LogP contribution in [0.25, 0.3) is 0 Å². The van der Waals surface area contributed by atoms with Crippen LogP contribution in [0, 0.1) is 0 Å². The lowest BCUT2D eigenvalue weighted by Gasteiger charge is -2.25. The normalized spacial score (nSPS) is 22.1. The molecule has 1 aromatic carbocycles. The highest BCUT2D eigenvalue weighted by molar-refractivity contribution is 5.99. The highest BCUT2D eigenvalue weighted by Crippen LogP contribution is 2.42. The number of hydrogen-bond acceptors (Lipinski definition) is 2. The first kappa shape index (κ1) is 11.8. The first-order valence-electron chi connectivity index (χ1n) is 5.91. The fourth-order valence-electron chi connectivity index (χ4n) is 2.45. The number of aliphatic imine (C=N–C) groups is 1. The summed E-state index contributed by atoms with van der Waals surface area (Å²) in [6.07, 6.45) is 1.75. The van der Waals surface area contributed by atoms with Gasteiger partial charge in [-0.05, 0) is 31.4 Å². The molecule has 1 aliphatic heterocycles. The molecule has 2 rings (SSSR count). The van der Waals surface area contributed by atoms with Crippen molar-refractivity contribution in [2.24, 2.45) is 4.99 Å². The monoisotopic (exact) mass is 231 g/mol. The Balaban J connectivity index is 2.20. The van der Waals surface area contributed by atoms with Gasteiger partial charge < -0.3 is 5.11 Å². The van der Waals surface area contributed by atoms with Crippen molar-refractivity contribution in [2.45, 2.75) is 38.5 Å². The molecule has 1 heterocycles. The van der Waals surface area contributed by atoms with Crippen LogP contribution in [0.3, 0.4) is 0 Å². The highest BCUT2D eigenvalue weighted by Gasteiger charge is 2.35. The lowest BCUT2D eigenvalue weighted by Crippen LogP contribution is -2.27. The van der Waals surface area contributed by atoms with Crippen LogP contribution >= 0.6 is 0 Å². The minimum Gasteiger partial charge on any atom is -0.481 e. The molecule has 1 aliphatic rings. The van der Waals surface area contributed by atoms with E-state index < -0.39 is 5.97 Å². The molecule has 0 saturated carbocycles. The Kier molecular flexibility index (Phi) is 3.01. The number of nitrogens with zero attached hydrogens (tertiary/aromatic N) is 1. The molecule has 0 fully saturated rings. The number of fused-ring (bicyclic) bond motifs is 1. The van der Waals surface area contributed by atoms with Gasteiger partial charge in [0.15, 0.2) is 0 Å². The number of hydrogen-bond donors (Lipinski definition) is 1. The Morgan fingerprint density at radius 1 is 1.41 bits per heavy atom. The third kappa shape index (κ3) is 2.09. The molecule has 0 bridgehead atoms. The lowest BCUT2D eigenvalue weighted by molar-refractivity contribution is -0.137. The van der Waals surface area contributed by atoms with E-state index in [4.69, 9.17) is 5.11 Å². The van der Waals surface area contributed by atoms with Crippen LogP contribution in [0.2, 0.25) is 0 Å². The van der Waals surface area contributed by atoms with Crippen LogP contribution in [0.1, 0.15) is 38.7 Å². The molecule has 0 saturated heterocycles. The maximum atomic E-state index is 10.6. The minimum atomic E-state index is -0.727. The maximum absolute atomic E-state index is 10.6. The fourth-order valence-corrected chi connectivity index (χ4v) is 2.45. The summed E-state index contributed by atoms with van der Waals surface area (Å²) in [6.45, 7) is 4.18. The zero-order chi connectivity index (χ0) is 12.5. The number of benzene rings is 1. The van der Waals surface area contributed by atoms with E-state index in [2.05, 4.69) is 18.0 Å². The molecule has 17 heavy (non-hydrogen) atoms. The van der Waals surface area contributed by atoms with E-state index in [1.54, 1.807) is 0 Å². The second-order valence-corrected chi connectivity index (χ2v) is 4.79. The molecule has 0 radical (unpaired) electrons. The quantitative estimate of drug-likeness (QED) is 0.864. The number of carbonyl (C=O) groups is 1. The Bertz CT molecular complexity index is 479. The van der Waals surface area contributed by atoms with Gasteiger partial charge in [-0.15, -0.1) is 0 Å². The lowest BCUT2D eigenvalue weighted by atomic mass is 9.76. The zero-order valence-corrected chi connectivity index (χ0v) is 10.2. The first-order chi connectivity index (χ1) is 8.04. The van der Waals surface area contributed by atoms with Crippen LogP contribution in [-0.2, 0) is 10.2 Å². The molecule has 3 heteroatoms. The van der Waals surface area contributed by atoms with Crippen molar-refractivity contribution in [2.75, 3.05) is 0 Å². The highest BCUT2D eigenvalue weighted by atomic mass is 16.4. The van der Waals surface area contributed by atoms with Gasteiger partial charge in [0, 0.05) is 17.5 Å². The van der Waals surface area contributed by atoms with Crippen LogP contribution < -0.4 is 0 Å². The van der Waals surface area contributed by atoms with Crippen LogP contribution in [0.5, 0.6) is 0 Å².